The largest absolute Gasteiger partial charge is 0.497 e. The van der Waals surface area contributed by atoms with Crippen molar-refractivity contribution in [3.05, 3.63) is 58.8 Å². The molecule has 0 fully saturated rings. The summed E-state index contributed by atoms with van der Waals surface area (Å²) in [6.07, 6.45) is 2.51. The monoisotopic (exact) mass is 357 g/mol. The van der Waals surface area contributed by atoms with Crippen LogP contribution in [0.2, 0.25) is 0 Å². The SMILES string of the molecule is COc1ccc(CCNc2ncnc3ccc(Br)cc23)cc1. The van der Waals surface area contributed by atoms with Gasteiger partial charge < -0.3 is 10.1 Å². The lowest BCUT2D eigenvalue weighted by molar-refractivity contribution is 0.414. The van der Waals surface area contributed by atoms with Gasteiger partial charge in [0.1, 0.15) is 17.9 Å². The number of benzene rings is 2. The molecule has 5 heteroatoms. The highest BCUT2D eigenvalue weighted by Gasteiger charge is 2.04. The standard InChI is InChI=1S/C17H16BrN3O/c1-22-14-5-2-12(3-6-14)8-9-19-17-15-10-13(18)4-7-16(15)20-11-21-17/h2-7,10-11H,8-9H2,1H3,(H,19,20,21). The van der Waals surface area contributed by atoms with Crippen molar-refractivity contribution in [2.75, 3.05) is 19.0 Å². The van der Waals surface area contributed by atoms with Gasteiger partial charge in [0.25, 0.3) is 0 Å². The Morgan fingerprint density at radius 1 is 1.09 bits per heavy atom. The predicted molar refractivity (Wildman–Crippen MR) is 92.4 cm³/mol. The molecule has 1 aromatic heterocycles. The van der Waals surface area contributed by atoms with E-state index in [0.717, 1.165) is 39.9 Å². The van der Waals surface area contributed by atoms with E-state index < -0.39 is 0 Å². The fourth-order valence-corrected chi connectivity index (χ4v) is 2.65. The second-order valence-electron chi connectivity index (χ2n) is 4.91. The zero-order valence-corrected chi connectivity index (χ0v) is 13.8. The van der Waals surface area contributed by atoms with Crippen molar-refractivity contribution < 1.29 is 4.74 Å². The van der Waals surface area contributed by atoms with Gasteiger partial charge in [0.05, 0.1) is 12.6 Å². The van der Waals surface area contributed by atoms with Gasteiger partial charge in [0.2, 0.25) is 0 Å². The molecule has 0 aliphatic heterocycles. The Balaban J connectivity index is 1.69. The minimum Gasteiger partial charge on any atom is -0.497 e. The molecule has 1 heterocycles. The van der Waals surface area contributed by atoms with Crippen molar-refractivity contribution in [3.63, 3.8) is 0 Å². The van der Waals surface area contributed by atoms with Gasteiger partial charge in [-0.3, -0.25) is 0 Å². The number of hydrogen-bond acceptors (Lipinski definition) is 4. The zero-order chi connectivity index (χ0) is 15.4. The number of ether oxygens (including phenoxy) is 1. The van der Waals surface area contributed by atoms with Crippen molar-refractivity contribution in [2.24, 2.45) is 0 Å². The van der Waals surface area contributed by atoms with Crippen LogP contribution in [-0.2, 0) is 6.42 Å². The third-order valence-electron chi connectivity index (χ3n) is 3.46. The first kappa shape index (κ1) is 14.8. The molecule has 4 nitrogen and oxygen atoms in total. The Kier molecular flexibility index (Phi) is 4.53. The number of anilines is 1. The molecule has 0 amide bonds. The fraction of sp³-hybridized carbons (Fsp3) is 0.176. The number of methoxy groups -OCH3 is 1. The molecule has 3 rings (SSSR count). The Bertz CT molecular complexity index is 774. The summed E-state index contributed by atoms with van der Waals surface area (Å²) < 4.78 is 6.19. The van der Waals surface area contributed by atoms with E-state index >= 15 is 0 Å². The number of fused-ring (bicyclic) bond motifs is 1. The van der Waals surface area contributed by atoms with Gasteiger partial charge in [-0.2, -0.15) is 0 Å². The molecule has 2 aromatic carbocycles. The molecule has 0 aliphatic carbocycles. The quantitative estimate of drug-likeness (QED) is 0.747. The molecular weight excluding hydrogens is 342 g/mol. The summed E-state index contributed by atoms with van der Waals surface area (Å²) in [5, 5.41) is 4.41. The molecule has 112 valence electrons. The summed E-state index contributed by atoms with van der Waals surface area (Å²) in [6, 6.07) is 14.1. The number of rotatable bonds is 5. The van der Waals surface area contributed by atoms with Crippen molar-refractivity contribution in [1.29, 1.82) is 0 Å². The molecule has 0 atom stereocenters. The maximum Gasteiger partial charge on any atom is 0.137 e. The van der Waals surface area contributed by atoms with Crippen LogP contribution in [0, 0.1) is 0 Å². The van der Waals surface area contributed by atoms with Crippen molar-refractivity contribution in [1.82, 2.24) is 9.97 Å². The first-order valence-corrected chi connectivity index (χ1v) is 7.82. The minimum absolute atomic E-state index is 0.810. The number of aromatic nitrogens is 2. The molecule has 0 saturated carbocycles. The molecule has 0 spiro atoms. The lowest BCUT2D eigenvalue weighted by Gasteiger charge is -2.09. The van der Waals surface area contributed by atoms with Crippen LogP contribution in [0.1, 0.15) is 5.56 Å². The lowest BCUT2D eigenvalue weighted by Crippen LogP contribution is -2.07. The number of hydrogen-bond donors (Lipinski definition) is 1. The van der Waals surface area contributed by atoms with Crippen LogP contribution in [0.25, 0.3) is 10.9 Å². The molecule has 0 bridgehead atoms. The van der Waals surface area contributed by atoms with Crippen molar-refractivity contribution in [2.45, 2.75) is 6.42 Å². The second-order valence-corrected chi connectivity index (χ2v) is 5.82. The predicted octanol–water partition coefficient (Wildman–Crippen LogP) is 4.06. The van der Waals surface area contributed by atoms with Crippen LogP contribution in [0.5, 0.6) is 5.75 Å². The summed E-state index contributed by atoms with van der Waals surface area (Å²) in [4.78, 5) is 8.63. The molecule has 0 saturated heterocycles. The Morgan fingerprint density at radius 2 is 1.91 bits per heavy atom. The van der Waals surface area contributed by atoms with Crippen LogP contribution >= 0.6 is 15.9 Å². The second kappa shape index (κ2) is 6.75. The van der Waals surface area contributed by atoms with Crippen LogP contribution in [0.4, 0.5) is 5.82 Å². The van der Waals surface area contributed by atoms with E-state index in [1.54, 1.807) is 13.4 Å². The van der Waals surface area contributed by atoms with Crippen molar-refractivity contribution >= 4 is 32.7 Å². The topological polar surface area (TPSA) is 47.0 Å². The lowest BCUT2D eigenvalue weighted by atomic mass is 10.1. The summed E-state index contributed by atoms with van der Waals surface area (Å²) in [7, 11) is 1.68. The summed E-state index contributed by atoms with van der Waals surface area (Å²) >= 11 is 3.49. The number of nitrogens with one attached hydrogen (secondary N) is 1. The van der Waals surface area contributed by atoms with Gasteiger partial charge in [0.15, 0.2) is 0 Å². The van der Waals surface area contributed by atoms with E-state index in [9.17, 15) is 0 Å². The molecule has 1 N–H and O–H groups in total. The highest BCUT2D eigenvalue weighted by molar-refractivity contribution is 9.10. The molecule has 3 aromatic rings. The molecule has 0 radical (unpaired) electrons. The van der Waals surface area contributed by atoms with Crippen LogP contribution in [0.15, 0.2) is 53.3 Å². The van der Waals surface area contributed by atoms with Crippen LogP contribution < -0.4 is 10.1 Å². The molecule has 22 heavy (non-hydrogen) atoms. The summed E-state index contributed by atoms with van der Waals surface area (Å²) in [5.74, 6) is 1.74. The average molecular weight is 358 g/mol. The Labute approximate surface area is 137 Å². The number of halogens is 1. The molecular formula is C17H16BrN3O. The van der Waals surface area contributed by atoms with Gasteiger partial charge in [-0.1, -0.05) is 28.1 Å². The van der Waals surface area contributed by atoms with E-state index in [1.165, 1.54) is 5.56 Å². The normalized spacial score (nSPS) is 10.6. The highest BCUT2D eigenvalue weighted by atomic mass is 79.9. The van der Waals surface area contributed by atoms with Gasteiger partial charge >= 0.3 is 0 Å². The van der Waals surface area contributed by atoms with E-state index in [4.69, 9.17) is 4.74 Å². The molecule has 0 unspecified atom stereocenters. The Morgan fingerprint density at radius 3 is 2.68 bits per heavy atom. The van der Waals surface area contributed by atoms with Gasteiger partial charge in [-0.25, -0.2) is 9.97 Å². The maximum atomic E-state index is 5.17. The van der Waals surface area contributed by atoms with Gasteiger partial charge in [-0.05, 0) is 42.3 Å². The van der Waals surface area contributed by atoms with E-state index in [1.807, 2.05) is 30.3 Å². The highest BCUT2D eigenvalue weighted by Crippen LogP contribution is 2.23. The summed E-state index contributed by atoms with van der Waals surface area (Å²) in [6.45, 7) is 0.810. The third kappa shape index (κ3) is 3.36. The van der Waals surface area contributed by atoms with E-state index in [2.05, 4.69) is 43.3 Å². The Hall–Kier alpha value is -2.14. The summed E-state index contributed by atoms with van der Waals surface area (Å²) in [5.41, 5.74) is 2.19. The van der Waals surface area contributed by atoms with E-state index in [-0.39, 0.29) is 0 Å². The smallest absolute Gasteiger partial charge is 0.137 e. The first-order valence-electron chi connectivity index (χ1n) is 7.03. The van der Waals surface area contributed by atoms with Crippen LogP contribution in [-0.4, -0.2) is 23.6 Å². The van der Waals surface area contributed by atoms with Crippen molar-refractivity contribution in [3.8, 4) is 5.75 Å². The maximum absolute atomic E-state index is 5.17. The average Bonchev–Trinajstić information content (AvgIpc) is 2.56. The van der Waals surface area contributed by atoms with Crippen LogP contribution in [0.3, 0.4) is 0 Å². The fourth-order valence-electron chi connectivity index (χ4n) is 2.29. The third-order valence-corrected chi connectivity index (χ3v) is 3.96. The first-order chi connectivity index (χ1) is 10.8. The van der Waals surface area contributed by atoms with E-state index in [0.29, 0.717) is 0 Å². The minimum atomic E-state index is 0.810. The number of nitrogens with zero attached hydrogens (tertiary/aromatic N) is 2. The van der Waals surface area contributed by atoms with Gasteiger partial charge in [-0.15, -0.1) is 0 Å². The zero-order valence-electron chi connectivity index (χ0n) is 12.2. The van der Waals surface area contributed by atoms with Gasteiger partial charge in [0, 0.05) is 16.4 Å². The molecule has 0 aliphatic rings.